The lowest BCUT2D eigenvalue weighted by molar-refractivity contribution is -0.143. The van der Waals surface area contributed by atoms with Gasteiger partial charge in [-0.15, -0.1) is 10.2 Å². The molecule has 2 atom stereocenters. The molecule has 21 heavy (non-hydrogen) atoms. The Labute approximate surface area is 125 Å². The number of carbonyl (C=O) groups is 1. The van der Waals surface area contributed by atoms with Gasteiger partial charge in [-0.1, -0.05) is 13.8 Å². The van der Waals surface area contributed by atoms with E-state index in [1.807, 2.05) is 11.8 Å². The fraction of sp³-hybridized carbons (Fsp3) is 0.800. The van der Waals surface area contributed by atoms with Crippen LogP contribution in [0, 0.1) is 12.8 Å². The summed E-state index contributed by atoms with van der Waals surface area (Å²) in [6.45, 7) is 8.40. The third-order valence-electron chi connectivity index (χ3n) is 4.33. The number of hydrogen-bond donors (Lipinski definition) is 0. The molecular formula is C15H24N4O2. The van der Waals surface area contributed by atoms with Gasteiger partial charge in [0.1, 0.15) is 11.9 Å². The van der Waals surface area contributed by atoms with Crippen molar-refractivity contribution < 1.29 is 9.53 Å². The first kappa shape index (κ1) is 14.5. The Kier molecular flexibility index (Phi) is 3.97. The average molecular weight is 292 g/mol. The number of ether oxygens (including phenoxy) is 1. The van der Waals surface area contributed by atoms with Gasteiger partial charge in [-0.25, -0.2) is 0 Å². The normalized spacial score (nSPS) is 25.4. The Balaban J connectivity index is 1.81. The lowest BCUT2D eigenvalue weighted by Crippen LogP contribution is -2.45. The number of fused-ring (bicyclic) bond motifs is 1. The SMILES string of the molecule is Cc1nnc2n1[C@@H](CC(C)C)CN(C(=O)[C@H]1CCCO1)C2. The zero-order chi connectivity index (χ0) is 15.0. The van der Waals surface area contributed by atoms with Crippen LogP contribution in [0.1, 0.15) is 50.8 Å². The van der Waals surface area contributed by atoms with Crippen LogP contribution in [0.15, 0.2) is 0 Å². The maximum Gasteiger partial charge on any atom is 0.252 e. The minimum atomic E-state index is -0.250. The van der Waals surface area contributed by atoms with Gasteiger partial charge in [0.2, 0.25) is 0 Å². The van der Waals surface area contributed by atoms with Crippen molar-refractivity contribution in [3.63, 3.8) is 0 Å². The number of carbonyl (C=O) groups excluding carboxylic acids is 1. The van der Waals surface area contributed by atoms with Crippen molar-refractivity contribution in [1.29, 1.82) is 0 Å². The van der Waals surface area contributed by atoms with Crippen molar-refractivity contribution in [2.24, 2.45) is 5.92 Å². The quantitative estimate of drug-likeness (QED) is 0.850. The number of hydrogen-bond acceptors (Lipinski definition) is 4. The molecule has 0 bridgehead atoms. The molecule has 6 heteroatoms. The molecule has 0 aliphatic carbocycles. The molecule has 1 amide bonds. The summed E-state index contributed by atoms with van der Waals surface area (Å²) in [5, 5.41) is 8.44. The molecule has 0 unspecified atom stereocenters. The number of rotatable bonds is 3. The van der Waals surface area contributed by atoms with Crippen LogP contribution < -0.4 is 0 Å². The van der Waals surface area contributed by atoms with Gasteiger partial charge in [0.05, 0.1) is 12.6 Å². The third-order valence-corrected chi connectivity index (χ3v) is 4.33. The smallest absolute Gasteiger partial charge is 0.252 e. The molecule has 1 aromatic heterocycles. The number of nitrogens with zero attached hydrogens (tertiary/aromatic N) is 4. The monoisotopic (exact) mass is 292 g/mol. The predicted octanol–water partition coefficient (Wildman–Crippen LogP) is 1.69. The van der Waals surface area contributed by atoms with Crippen molar-refractivity contribution in [1.82, 2.24) is 19.7 Å². The average Bonchev–Trinajstić information content (AvgIpc) is 3.07. The van der Waals surface area contributed by atoms with Gasteiger partial charge in [-0.2, -0.15) is 0 Å². The molecule has 6 nitrogen and oxygen atoms in total. The minimum absolute atomic E-state index is 0.119. The Morgan fingerprint density at radius 3 is 2.90 bits per heavy atom. The fourth-order valence-electron chi connectivity index (χ4n) is 3.44. The highest BCUT2D eigenvalue weighted by atomic mass is 16.5. The van der Waals surface area contributed by atoms with E-state index >= 15 is 0 Å². The molecule has 1 fully saturated rings. The van der Waals surface area contributed by atoms with E-state index in [4.69, 9.17) is 4.74 Å². The molecule has 0 radical (unpaired) electrons. The zero-order valence-corrected chi connectivity index (χ0v) is 13.1. The van der Waals surface area contributed by atoms with Crippen LogP contribution in [-0.4, -0.2) is 44.8 Å². The van der Waals surface area contributed by atoms with Gasteiger partial charge in [0.25, 0.3) is 5.91 Å². The Hall–Kier alpha value is -1.43. The van der Waals surface area contributed by atoms with E-state index in [0.717, 1.165) is 37.5 Å². The fourth-order valence-corrected chi connectivity index (χ4v) is 3.44. The largest absolute Gasteiger partial charge is 0.368 e. The number of aryl methyl sites for hydroxylation is 1. The highest BCUT2D eigenvalue weighted by Gasteiger charge is 2.35. The van der Waals surface area contributed by atoms with E-state index in [0.29, 0.717) is 19.1 Å². The topological polar surface area (TPSA) is 60.2 Å². The van der Waals surface area contributed by atoms with E-state index in [2.05, 4.69) is 28.6 Å². The summed E-state index contributed by atoms with van der Waals surface area (Å²) in [7, 11) is 0. The summed E-state index contributed by atoms with van der Waals surface area (Å²) < 4.78 is 7.75. The van der Waals surface area contributed by atoms with Crippen LogP contribution in [0.2, 0.25) is 0 Å². The summed E-state index contributed by atoms with van der Waals surface area (Å²) in [5.41, 5.74) is 0. The van der Waals surface area contributed by atoms with Crippen molar-refractivity contribution in [2.75, 3.05) is 13.2 Å². The number of aromatic nitrogens is 3. The van der Waals surface area contributed by atoms with Gasteiger partial charge in [-0.05, 0) is 32.1 Å². The van der Waals surface area contributed by atoms with Crippen LogP contribution in [0.3, 0.4) is 0 Å². The lowest BCUT2D eigenvalue weighted by atomic mass is 10.0. The van der Waals surface area contributed by atoms with E-state index in [1.165, 1.54) is 0 Å². The summed E-state index contributed by atoms with van der Waals surface area (Å²) in [5.74, 6) is 2.53. The molecule has 1 saturated heterocycles. The van der Waals surface area contributed by atoms with Gasteiger partial charge in [-0.3, -0.25) is 4.79 Å². The van der Waals surface area contributed by atoms with Gasteiger partial charge in [0, 0.05) is 13.2 Å². The summed E-state index contributed by atoms with van der Waals surface area (Å²) in [6.07, 6.45) is 2.60. The molecule has 0 N–H and O–H groups in total. The molecule has 0 spiro atoms. The van der Waals surface area contributed by atoms with Gasteiger partial charge < -0.3 is 14.2 Å². The Bertz CT molecular complexity index is 520. The maximum atomic E-state index is 12.6. The van der Waals surface area contributed by atoms with E-state index < -0.39 is 0 Å². The standard InChI is InChI=1S/C15H24N4O2/c1-10(2)7-12-8-18(15(20)13-5-4-6-21-13)9-14-17-16-11(3)19(12)14/h10,12-13H,4-9H2,1-3H3/t12-,13+/m0/s1. The first-order valence-corrected chi connectivity index (χ1v) is 7.87. The van der Waals surface area contributed by atoms with Gasteiger partial charge >= 0.3 is 0 Å². The second-order valence-electron chi connectivity index (χ2n) is 6.54. The zero-order valence-electron chi connectivity index (χ0n) is 13.1. The molecular weight excluding hydrogens is 268 g/mol. The molecule has 116 valence electrons. The van der Waals surface area contributed by atoms with Crippen LogP contribution in [-0.2, 0) is 16.1 Å². The lowest BCUT2D eigenvalue weighted by Gasteiger charge is -2.36. The molecule has 0 saturated carbocycles. The molecule has 2 aliphatic heterocycles. The van der Waals surface area contributed by atoms with Crippen molar-refractivity contribution >= 4 is 5.91 Å². The highest BCUT2D eigenvalue weighted by Crippen LogP contribution is 2.28. The first-order chi connectivity index (χ1) is 10.1. The Morgan fingerprint density at radius 1 is 1.43 bits per heavy atom. The molecule has 3 rings (SSSR count). The molecule has 2 aliphatic rings. The first-order valence-electron chi connectivity index (χ1n) is 7.87. The van der Waals surface area contributed by atoms with Crippen molar-refractivity contribution in [3.05, 3.63) is 11.6 Å². The maximum absolute atomic E-state index is 12.6. The summed E-state index contributed by atoms with van der Waals surface area (Å²) in [6, 6.07) is 0.272. The van der Waals surface area contributed by atoms with Crippen LogP contribution in [0.5, 0.6) is 0 Å². The van der Waals surface area contributed by atoms with Crippen LogP contribution >= 0.6 is 0 Å². The predicted molar refractivity (Wildman–Crippen MR) is 77.6 cm³/mol. The third kappa shape index (κ3) is 2.81. The second-order valence-corrected chi connectivity index (χ2v) is 6.54. The number of amides is 1. The van der Waals surface area contributed by atoms with Crippen molar-refractivity contribution in [2.45, 2.75) is 58.7 Å². The Morgan fingerprint density at radius 2 is 2.24 bits per heavy atom. The molecule has 3 heterocycles. The van der Waals surface area contributed by atoms with Gasteiger partial charge in [0.15, 0.2) is 5.82 Å². The molecule has 0 aromatic carbocycles. The van der Waals surface area contributed by atoms with Crippen LogP contribution in [0.4, 0.5) is 0 Å². The van der Waals surface area contributed by atoms with E-state index in [9.17, 15) is 4.79 Å². The minimum Gasteiger partial charge on any atom is -0.368 e. The van der Waals surface area contributed by atoms with E-state index in [-0.39, 0.29) is 18.1 Å². The van der Waals surface area contributed by atoms with Crippen LogP contribution in [0.25, 0.3) is 0 Å². The second kappa shape index (κ2) is 5.75. The van der Waals surface area contributed by atoms with Crippen molar-refractivity contribution in [3.8, 4) is 0 Å². The summed E-state index contributed by atoms with van der Waals surface area (Å²) in [4.78, 5) is 14.5. The molecule has 1 aromatic rings. The highest BCUT2D eigenvalue weighted by molar-refractivity contribution is 5.81. The summed E-state index contributed by atoms with van der Waals surface area (Å²) >= 11 is 0. The van der Waals surface area contributed by atoms with E-state index in [1.54, 1.807) is 0 Å².